The number of carbonyl (C=O) groups excluding carboxylic acids is 1. The van der Waals surface area contributed by atoms with Gasteiger partial charge in [0.1, 0.15) is 11.6 Å². The quantitative estimate of drug-likeness (QED) is 0.928. The molecular formula is C18H24N4OS. The minimum atomic E-state index is 0.0602. The highest BCUT2D eigenvalue weighted by atomic mass is 32.1. The monoisotopic (exact) mass is 344 g/mol. The lowest BCUT2D eigenvalue weighted by Gasteiger charge is -2.08. The molecule has 0 radical (unpaired) electrons. The Morgan fingerprint density at radius 3 is 2.92 bits per heavy atom. The zero-order chi connectivity index (χ0) is 16.4. The highest BCUT2D eigenvalue weighted by molar-refractivity contribution is 7.14. The Hall–Kier alpha value is -1.69. The van der Waals surface area contributed by atoms with Gasteiger partial charge >= 0.3 is 0 Å². The first-order valence-corrected chi connectivity index (χ1v) is 9.93. The molecule has 2 aromatic heterocycles. The van der Waals surface area contributed by atoms with Gasteiger partial charge in [0.2, 0.25) is 0 Å². The molecule has 1 aliphatic carbocycles. The molecular weight excluding hydrogens is 320 g/mol. The maximum atomic E-state index is 12.4. The molecule has 2 aromatic rings. The molecule has 6 heteroatoms. The summed E-state index contributed by atoms with van der Waals surface area (Å²) in [6, 6.07) is 2.09. The molecule has 1 N–H and O–H groups in total. The maximum absolute atomic E-state index is 12.4. The second-order valence-corrected chi connectivity index (χ2v) is 7.90. The van der Waals surface area contributed by atoms with Gasteiger partial charge in [-0.2, -0.15) is 0 Å². The third kappa shape index (κ3) is 3.24. The summed E-state index contributed by atoms with van der Waals surface area (Å²) in [4.78, 5) is 14.7. The van der Waals surface area contributed by atoms with Crippen molar-refractivity contribution in [3.8, 4) is 0 Å². The van der Waals surface area contributed by atoms with E-state index < -0.39 is 0 Å². The van der Waals surface area contributed by atoms with E-state index in [4.69, 9.17) is 0 Å². The smallest absolute Gasteiger partial charge is 0.261 e. The van der Waals surface area contributed by atoms with Gasteiger partial charge in [-0.05, 0) is 50.2 Å². The van der Waals surface area contributed by atoms with Crippen LogP contribution in [-0.4, -0.2) is 27.2 Å². The van der Waals surface area contributed by atoms with E-state index >= 15 is 0 Å². The minimum absolute atomic E-state index is 0.0602. The number of carbonyl (C=O) groups is 1. The highest BCUT2D eigenvalue weighted by Gasteiger charge is 2.18. The first kappa shape index (κ1) is 15.8. The van der Waals surface area contributed by atoms with Crippen LogP contribution >= 0.6 is 11.3 Å². The van der Waals surface area contributed by atoms with Crippen LogP contribution in [0.3, 0.4) is 0 Å². The van der Waals surface area contributed by atoms with Crippen molar-refractivity contribution in [2.75, 3.05) is 6.54 Å². The van der Waals surface area contributed by atoms with Crippen molar-refractivity contribution < 1.29 is 4.79 Å². The first-order chi connectivity index (χ1) is 11.8. The van der Waals surface area contributed by atoms with Crippen molar-refractivity contribution in [1.29, 1.82) is 0 Å². The SMILES string of the molecule is O=C(NCCc1nnc2n1CCCCC2)c1cc2c(s1)CCCC2. The lowest BCUT2D eigenvalue weighted by molar-refractivity contribution is 0.0958. The Labute approximate surface area is 146 Å². The third-order valence-electron chi connectivity index (χ3n) is 5.04. The Morgan fingerprint density at radius 1 is 1.12 bits per heavy atom. The van der Waals surface area contributed by atoms with E-state index in [0.29, 0.717) is 6.54 Å². The summed E-state index contributed by atoms with van der Waals surface area (Å²) in [6.45, 7) is 1.64. The average molecular weight is 344 g/mol. The minimum Gasteiger partial charge on any atom is -0.351 e. The van der Waals surface area contributed by atoms with Gasteiger partial charge in [0.15, 0.2) is 0 Å². The average Bonchev–Trinajstić information content (AvgIpc) is 3.12. The van der Waals surface area contributed by atoms with Crippen LogP contribution in [0, 0.1) is 0 Å². The Bertz CT molecular complexity index is 710. The van der Waals surface area contributed by atoms with Crippen molar-refractivity contribution in [3.05, 3.63) is 33.0 Å². The standard InChI is InChI=1S/C18H24N4OS/c23-18(15-12-13-6-3-4-7-14(13)24-15)19-10-9-17-21-20-16-8-2-1-5-11-22(16)17/h12H,1-11H2,(H,19,23). The first-order valence-electron chi connectivity index (χ1n) is 9.12. The normalized spacial score (nSPS) is 17.0. The second kappa shape index (κ2) is 7.05. The number of nitrogens with one attached hydrogen (secondary N) is 1. The molecule has 0 fully saturated rings. The molecule has 0 saturated carbocycles. The topological polar surface area (TPSA) is 59.8 Å². The van der Waals surface area contributed by atoms with Crippen molar-refractivity contribution >= 4 is 17.2 Å². The predicted molar refractivity (Wildman–Crippen MR) is 94.6 cm³/mol. The van der Waals surface area contributed by atoms with Crippen LogP contribution in [-0.2, 0) is 32.2 Å². The molecule has 2 aliphatic rings. The van der Waals surface area contributed by atoms with Crippen LogP contribution in [0.25, 0.3) is 0 Å². The van der Waals surface area contributed by atoms with Gasteiger partial charge in [0, 0.05) is 30.8 Å². The highest BCUT2D eigenvalue weighted by Crippen LogP contribution is 2.29. The lowest BCUT2D eigenvalue weighted by Crippen LogP contribution is -2.26. The Balaban J connectivity index is 1.35. The Kier molecular flexibility index (Phi) is 4.65. The van der Waals surface area contributed by atoms with E-state index in [1.54, 1.807) is 11.3 Å². The molecule has 128 valence electrons. The van der Waals surface area contributed by atoms with Crippen LogP contribution in [0.4, 0.5) is 0 Å². The fourth-order valence-electron chi connectivity index (χ4n) is 3.71. The largest absolute Gasteiger partial charge is 0.351 e. The summed E-state index contributed by atoms with van der Waals surface area (Å²) in [5.74, 6) is 2.18. The van der Waals surface area contributed by atoms with E-state index in [-0.39, 0.29) is 5.91 Å². The number of amides is 1. The van der Waals surface area contributed by atoms with Gasteiger partial charge in [0.05, 0.1) is 4.88 Å². The summed E-state index contributed by atoms with van der Waals surface area (Å²) < 4.78 is 2.25. The van der Waals surface area contributed by atoms with Crippen molar-refractivity contribution in [2.45, 2.75) is 64.3 Å². The summed E-state index contributed by atoms with van der Waals surface area (Å²) in [6.07, 6.45) is 10.2. The molecule has 0 unspecified atom stereocenters. The molecule has 0 atom stereocenters. The second-order valence-electron chi connectivity index (χ2n) is 6.77. The number of fused-ring (bicyclic) bond motifs is 2. The fraction of sp³-hybridized carbons (Fsp3) is 0.611. The predicted octanol–water partition coefficient (Wildman–Crippen LogP) is 2.92. The van der Waals surface area contributed by atoms with E-state index in [2.05, 4.69) is 26.1 Å². The molecule has 1 amide bonds. The summed E-state index contributed by atoms with van der Waals surface area (Å²) in [5, 5.41) is 11.7. The van der Waals surface area contributed by atoms with Crippen molar-refractivity contribution in [1.82, 2.24) is 20.1 Å². The van der Waals surface area contributed by atoms with Crippen LogP contribution in [0.15, 0.2) is 6.07 Å². The summed E-state index contributed by atoms with van der Waals surface area (Å²) in [7, 11) is 0. The molecule has 5 nitrogen and oxygen atoms in total. The third-order valence-corrected chi connectivity index (χ3v) is 6.28. The molecule has 0 spiro atoms. The number of hydrogen-bond acceptors (Lipinski definition) is 4. The lowest BCUT2D eigenvalue weighted by atomic mass is 9.99. The van der Waals surface area contributed by atoms with E-state index in [1.165, 1.54) is 42.5 Å². The zero-order valence-corrected chi connectivity index (χ0v) is 14.8. The molecule has 3 heterocycles. The molecule has 24 heavy (non-hydrogen) atoms. The van der Waals surface area contributed by atoms with E-state index in [1.807, 2.05) is 0 Å². The van der Waals surface area contributed by atoms with Crippen molar-refractivity contribution in [3.63, 3.8) is 0 Å². The van der Waals surface area contributed by atoms with Crippen LogP contribution in [0.5, 0.6) is 0 Å². The molecule has 0 aromatic carbocycles. The van der Waals surface area contributed by atoms with Gasteiger partial charge in [-0.15, -0.1) is 21.5 Å². The zero-order valence-electron chi connectivity index (χ0n) is 14.0. The maximum Gasteiger partial charge on any atom is 0.261 e. The van der Waals surface area contributed by atoms with Gasteiger partial charge in [-0.1, -0.05) is 6.42 Å². The number of hydrogen-bond donors (Lipinski definition) is 1. The summed E-state index contributed by atoms with van der Waals surface area (Å²) >= 11 is 1.67. The number of nitrogens with zero attached hydrogens (tertiary/aromatic N) is 3. The number of aryl methyl sites for hydroxylation is 3. The number of aromatic nitrogens is 3. The van der Waals surface area contributed by atoms with Crippen LogP contribution in [0.1, 0.15) is 63.9 Å². The Morgan fingerprint density at radius 2 is 2.00 bits per heavy atom. The van der Waals surface area contributed by atoms with Crippen LogP contribution < -0.4 is 5.32 Å². The number of thiophene rings is 1. The summed E-state index contributed by atoms with van der Waals surface area (Å²) in [5.41, 5.74) is 1.39. The van der Waals surface area contributed by atoms with Crippen molar-refractivity contribution in [2.24, 2.45) is 0 Å². The van der Waals surface area contributed by atoms with E-state index in [0.717, 1.165) is 48.8 Å². The number of rotatable bonds is 4. The van der Waals surface area contributed by atoms with Gasteiger partial charge in [-0.25, -0.2) is 0 Å². The fourth-order valence-corrected chi connectivity index (χ4v) is 4.88. The van der Waals surface area contributed by atoms with Gasteiger partial charge in [-0.3, -0.25) is 4.79 Å². The molecule has 4 rings (SSSR count). The molecule has 1 aliphatic heterocycles. The van der Waals surface area contributed by atoms with Gasteiger partial charge < -0.3 is 9.88 Å². The van der Waals surface area contributed by atoms with E-state index in [9.17, 15) is 4.79 Å². The molecule has 0 bridgehead atoms. The molecule has 0 saturated heterocycles. The van der Waals surface area contributed by atoms with Gasteiger partial charge in [0.25, 0.3) is 5.91 Å². The van der Waals surface area contributed by atoms with Crippen LogP contribution in [0.2, 0.25) is 0 Å².